The van der Waals surface area contributed by atoms with Crippen molar-refractivity contribution >= 4 is 18.4 Å². The molecule has 4 heteroatoms. The number of hydrogen-bond acceptors (Lipinski definition) is 3. The van der Waals surface area contributed by atoms with Crippen LogP contribution in [0.4, 0.5) is 0 Å². The van der Waals surface area contributed by atoms with Crippen LogP contribution >= 0.6 is 12.4 Å². The lowest BCUT2D eigenvalue weighted by Gasteiger charge is -2.49. The highest BCUT2D eigenvalue weighted by atomic mass is 35.5. The van der Waals surface area contributed by atoms with Gasteiger partial charge in [-0.15, -0.1) is 12.4 Å². The molecule has 2 unspecified atom stereocenters. The molecule has 124 valence electrons. The minimum atomic E-state index is -0.530. The van der Waals surface area contributed by atoms with Crippen LogP contribution in [0.2, 0.25) is 0 Å². The molecule has 0 radical (unpaired) electrons. The van der Waals surface area contributed by atoms with E-state index in [1.807, 2.05) is 18.2 Å². The van der Waals surface area contributed by atoms with Crippen LogP contribution in [0.15, 0.2) is 30.3 Å². The van der Waals surface area contributed by atoms with E-state index in [0.29, 0.717) is 5.92 Å². The fraction of sp³-hybridized carbons (Fsp3) is 0.611. The lowest BCUT2D eigenvalue weighted by Crippen LogP contribution is -2.57. The topological polar surface area (TPSA) is 29.5 Å². The third kappa shape index (κ3) is 4.23. The summed E-state index contributed by atoms with van der Waals surface area (Å²) in [4.78, 5) is 14.1. The first-order chi connectivity index (χ1) is 9.73. The van der Waals surface area contributed by atoms with E-state index >= 15 is 0 Å². The predicted octanol–water partition coefficient (Wildman–Crippen LogP) is 4.01. The van der Waals surface area contributed by atoms with Gasteiger partial charge in [0.1, 0.15) is 5.60 Å². The Bertz CT molecular complexity index is 498. The normalized spacial score (nSPS) is 26.1. The molecular weight excluding hydrogens is 298 g/mol. The first kappa shape index (κ1) is 19.0. The molecular formula is C18H28ClNO2. The molecule has 0 saturated carbocycles. The van der Waals surface area contributed by atoms with Gasteiger partial charge in [0.15, 0.2) is 0 Å². The zero-order valence-corrected chi connectivity index (χ0v) is 15.1. The average molecular weight is 326 g/mol. The number of halogens is 1. The maximum absolute atomic E-state index is 11.7. The second-order valence-corrected chi connectivity index (χ2v) is 7.31. The number of esters is 1. The van der Waals surface area contributed by atoms with E-state index < -0.39 is 5.60 Å². The van der Waals surface area contributed by atoms with Gasteiger partial charge in [-0.25, -0.2) is 0 Å². The zero-order valence-electron chi connectivity index (χ0n) is 14.3. The van der Waals surface area contributed by atoms with Gasteiger partial charge in [0, 0.05) is 25.6 Å². The molecule has 2 rings (SSSR count). The summed E-state index contributed by atoms with van der Waals surface area (Å²) >= 11 is 0. The van der Waals surface area contributed by atoms with Gasteiger partial charge in [-0.3, -0.25) is 9.69 Å². The molecule has 1 fully saturated rings. The summed E-state index contributed by atoms with van der Waals surface area (Å²) < 4.78 is 5.88. The molecule has 0 aromatic heterocycles. The Morgan fingerprint density at radius 1 is 1.27 bits per heavy atom. The number of piperidine rings is 1. The van der Waals surface area contributed by atoms with E-state index in [9.17, 15) is 4.79 Å². The number of likely N-dealkylation sites (tertiary alicyclic amines) is 1. The lowest BCUT2D eigenvalue weighted by molar-refractivity contribution is -0.171. The van der Waals surface area contributed by atoms with Crippen LogP contribution < -0.4 is 0 Å². The molecule has 1 heterocycles. The van der Waals surface area contributed by atoms with Crippen molar-refractivity contribution in [3.8, 4) is 0 Å². The largest absolute Gasteiger partial charge is 0.453 e. The molecule has 2 atom stereocenters. The standard InChI is InChI=1S/C18H27NO2.ClH/c1-14-11-18(21-15(2)20,16-9-7-6-8-10-16)13-19(12-14)17(3,4)5;/h6-10,14H,11-13H2,1-5H3;1H. The summed E-state index contributed by atoms with van der Waals surface area (Å²) in [5.41, 5.74) is 0.633. The van der Waals surface area contributed by atoms with Crippen LogP contribution in [-0.2, 0) is 15.1 Å². The predicted molar refractivity (Wildman–Crippen MR) is 92.2 cm³/mol. The summed E-state index contributed by atoms with van der Waals surface area (Å²) in [6, 6.07) is 10.2. The highest BCUT2D eigenvalue weighted by molar-refractivity contribution is 5.85. The van der Waals surface area contributed by atoms with Crippen LogP contribution in [0.5, 0.6) is 0 Å². The van der Waals surface area contributed by atoms with E-state index in [-0.39, 0.29) is 23.9 Å². The van der Waals surface area contributed by atoms with Crippen LogP contribution in [0, 0.1) is 5.92 Å². The van der Waals surface area contributed by atoms with Crippen molar-refractivity contribution in [1.82, 2.24) is 4.90 Å². The highest BCUT2D eigenvalue weighted by Crippen LogP contribution is 2.40. The molecule has 1 aromatic rings. The van der Waals surface area contributed by atoms with Crippen LogP contribution in [0.3, 0.4) is 0 Å². The molecule has 0 N–H and O–H groups in total. The Kier molecular flexibility index (Phi) is 6.05. The van der Waals surface area contributed by atoms with Crippen molar-refractivity contribution in [3.05, 3.63) is 35.9 Å². The first-order valence-corrected chi connectivity index (χ1v) is 7.73. The maximum Gasteiger partial charge on any atom is 0.303 e. The van der Waals surface area contributed by atoms with Gasteiger partial charge in [0.05, 0.1) is 0 Å². The van der Waals surface area contributed by atoms with Crippen LogP contribution in [-0.4, -0.2) is 29.5 Å². The third-order valence-electron chi connectivity index (χ3n) is 4.24. The molecule has 1 saturated heterocycles. The molecule has 3 nitrogen and oxygen atoms in total. The quantitative estimate of drug-likeness (QED) is 0.769. The Labute approximate surface area is 140 Å². The number of ether oxygens (including phenoxy) is 1. The monoisotopic (exact) mass is 325 g/mol. The zero-order chi connectivity index (χ0) is 15.7. The molecule has 1 aliphatic rings. The summed E-state index contributed by atoms with van der Waals surface area (Å²) in [5, 5.41) is 0. The molecule has 0 bridgehead atoms. The van der Waals surface area contributed by atoms with E-state index in [0.717, 1.165) is 25.1 Å². The molecule has 0 amide bonds. The SMILES string of the molecule is CC(=O)OC1(c2ccccc2)CC(C)CN(C(C)(C)C)C1.Cl. The second-order valence-electron chi connectivity index (χ2n) is 7.31. The lowest BCUT2D eigenvalue weighted by atomic mass is 9.79. The van der Waals surface area contributed by atoms with E-state index in [1.54, 1.807) is 0 Å². The molecule has 0 aliphatic carbocycles. The van der Waals surface area contributed by atoms with Crippen molar-refractivity contribution in [3.63, 3.8) is 0 Å². The van der Waals surface area contributed by atoms with Crippen molar-refractivity contribution in [1.29, 1.82) is 0 Å². The van der Waals surface area contributed by atoms with Gasteiger partial charge in [0.2, 0.25) is 0 Å². The Balaban J connectivity index is 0.00000242. The summed E-state index contributed by atoms with van der Waals surface area (Å²) in [6.07, 6.45) is 0.878. The highest BCUT2D eigenvalue weighted by Gasteiger charge is 2.45. The third-order valence-corrected chi connectivity index (χ3v) is 4.24. The molecule has 22 heavy (non-hydrogen) atoms. The number of rotatable bonds is 2. The number of nitrogens with zero attached hydrogens (tertiary/aromatic N) is 1. The number of hydrogen-bond donors (Lipinski definition) is 0. The molecule has 1 aliphatic heterocycles. The van der Waals surface area contributed by atoms with E-state index in [4.69, 9.17) is 4.74 Å². The van der Waals surface area contributed by atoms with Crippen LogP contribution in [0.25, 0.3) is 0 Å². The van der Waals surface area contributed by atoms with Gasteiger partial charge < -0.3 is 4.74 Å². The van der Waals surface area contributed by atoms with Gasteiger partial charge in [-0.1, -0.05) is 37.3 Å². The number of carbonyl (C=O) groups excluding carboxylic acids is 1. The van der Waals surface area contributed by atoms with Gasteiger partial charge >= 0.3 is 5.97 Å². The Morgan fingerprint density at radius 2 is 1.86 bits per heavy atom. The smallest absolute Gasteiger partial charge is 0.303 e. The van der Waals surface area contributed by atoms with Crippen molar-refractivity contribution in [2.24, 2.45) is 5.92 Å². The first-order valence-electron chi connectivity index (χ1n) is 7.73. The summed E-state index contributed by atoms with van der Waals surface area (Å²) in [6.45, 7) is 12.2. The minimum absolute atomic E-state index is 0. The Morgan fingerprint density at radius 3 is 2.36 bits per heavy atom. The Hall–Kier alpha value is -1.06. The van der Waals surface area contributed by atoms with Crippen molar-refractivity contribution in [2.45, 2.75) is 52.2 Å². The second kappa shape index (κ2) is 7.01. The minimum Gasteiger partial charge on any atom is -0.453 e. The van der Waals surface area contributed by atoms with E-state index in [1.165, 1.54) is 6.92 Å². The number of carbonyl (C=O) groups is 1. The van der Waals surface area contributed by atoms with Crippen molar-refractivity contribution < 1.29 is 9.53 Å². The van der Waals surface area contributed by atoms with Crippen molar-refractivity contribution in [2.75, 3.05) is 13.1 Å². The molecule has 1 aromatic carbocycles. The fourth-order valence-electron chi connectivity index (χ4n) is 3.31. The fourth-order valence-corrected chi connectivity index (χ4v) is 3.31. The summed E-state index contributed by atoms with van der Waals surface area (Å²) in [7, 11) is 0. The molecule has 0 spiro atoms. The summed E-state index contributed by atoms with van der Waals surface area (Å²) in [5.74, 6) is 0.277. The van der Waals surface area contributed by atoms with Gasteiger partial charge in [-0.05, 0) is 38.7 Å². The van der Waals surface area contributed by atoms with E-state index in [2.05, 4.69) is 44.7 Å². The van der Waals surface area contributed by atoms with Gasteiger partial charge in [-0.2, -0.15) is 0 Å². The van der Waals surface area contributed by atoms with Crippen LogP contribution in [0.1, 0.15) is 46.6 Å². The number of benzene rings is 1. The van der Waals surface area contributed by atoms with Gasteiger partial charge in [0.25, 0.3) is 0 Å². The maximum atomic E-state index is 11.7. The average Bonchev–Trinajstić information content (AvgIpc) is 2.37.